The molecule has 2 aromatic carbocycles. The number of halogens is 1. The normalized spacial score (nSPS) is 20.4. The van der Waals surface area contributed by atoms with Gasteiger partial charge >= 0.3 is 6.09 Å². The molecule has 292 valence electrons. The van der Waals surface area contributed by atoms with Crippen LogP contribution in [0.4, 0.5) is 9.18 Å². The van der Waals surface area contributed by atoms with E-state index in [0.717, 1.165) is 82.9 Å². The first kappa shape index (κ1) is 39.6. The third-order valence-corrected chi connectivity index (χ3v) is 10.4. The topological polar surface area (TPSA) is 109 Å². The maximum atomic E-state index is 14.5. The van der Waals surface area contributed by atoms with Gasteiger partial charge in [-0.1, -0.05) is 30.3 Å². The summed E-state index contributed by atoms with van der Waals surface area (Å²) in [5, 5.41) is 5.96. The fourth-order valence-corrected chi connectivity index (χ4v) is 7.48. The average molecular weight is 745 g/mol. The lowest BCUT2D eigenvalue weighted by Crippen LogP contribution is -2.48. The molecule has 3 fully saturated rings. The molecule has 0 unspecified atom stereocenters. The molecular formula is C42H57FN6O5. The van der Waals surface area contributed by atoms with Crippen LogP contribution in [0.1, 0.15) is 81.8 Å². The first-order valence-electron chi connectivity index (χ1n) is 19.5. The van der Waals surface area contributed by atoms with Crippen LogP contribution in [-0.2, 0) is 22.6 Å². The van der Waals surface area contributed by atoms with E-state index in [2.05, 4.69) is 68.4 Å². The van der Waals surface area contributed by atoms with Gasteiger partial charge in [0.2, 0.25) is 5.88 Å². The molecule has 3 heterocycles. The van der Waals surface area contributed by atoms with Gasteiger partial charge < -0.3 is 24.8 Å². The number of amides is 2. The van der Waals surface area contributed by atoms with Crippen molar-refractivity contribution in [2.75, 3.05) is 52.5 Å². The number of carbonyl (C=O) groups excluding carboxylic acids is 2. The Labute approximate surface area is 319 Å². The molecule has 11 nitrogen and oxygen atoms in total. The Morgan fingerprint density at radius 1 is 0.889 bits per heavy atom. The molecule has 3 aromatic rings. The van der Waals surface area contributed by atoms with Gasteiger partial charge in [-0.15, -0.1) is 0 Å². The average Bonchev–Trinajstić information content (AvgIpc) is 3.13. The van der Waals surface area contributed by atoms with Crippen molar-refractivity contribution in [3.05, 3.63) is 77.2 Å². The zero-order valence-electron chi connectivity index (χ0n) is 32.5. The summed E-state index contributed by atoms with van der Waals surface area (Å²) in [4.78, 5) is 37.5. The van der Waals surface area contributed by atoms with E-state index in [4.69, 9.17) is 14.2 Å². The van der Waals surface area contributed by atoms with E-state index >= 15 is 0 Å². The summed E-state index contributed by atoms with van der Waals surface area (Å²) in [6.45, 7) is 19.3. The van der Waals surface area contributed by atoms with Gasteiger partial charge in [-0.25, -0.2) is 14.2 Å². The Balaban J connectivity index is 1.14. The number of hydrogen-bond acceptors (Lipinski definition) is 9. The van der Waals surface area contributed by atoms with E-state index < -0.39 is 23.4 Å². The Morgan fingerprint density at radius 3 is 2.26 bits per heavy atom. The molecule has 6 rings (SSSR count). The van der Waals surface area contributed by atoms with Crippen LogP contribution in [0.15, 0.2) is 54.7 Å². The summed E-state index contributed by atoms with van der Waals surface area (Å²) in [6, 6.07) is 16.1. The quantitative estimate of drug-likeness (QED) is 0.225. The van der Waals surface area contributed by atoms with Crippen molar-refractivity contribution in [2.24, 2.45) is 0 Å². The summed E-state index contributed by atoms with van der Waals surface area (Å²) < 4.78 is 31.8. The van der Waals surface area contributed by atoms with Crippen molar-refractivity contribution in [1.29, 1.82) is 0 Å². The Bertz CT molecular complexity index is 1730. The largest absolute Gasteiger partial charge is 0.444 e. The van der Waals surface area contributed by atoms with Gasteiger partial charge in [0.15, 0.2) is 0 Å². The van der Waals surface area contributed by atoms with Crippen LogP contribution in [0, 0.1) is 5.82 Å². The van der Waals surface area contributed by atoms with Gasteiger partial charge in [-0.3, -0.25) is 19.5 Å². The SMILES string of the molecule is CC(C)N1CCN(Cc2ccc(-c3cccc(Oc4ncc(F)cc4C(=O)NC4CCC(NC(=O)OC(C)(C)C)CC4)c3)c(CN3CCOCC3)c2)CC1. The second-order valence-corrected chi connectivity index (χ2v) is 16.1. The Hall–Kier alpha value is -4.10. The number of pyridine rings is 1. The Morgan fingerprint density at radius 2 is 1.57 bits per heavy atom. The van der Waals surface area contributed by atoms with Gasteiger partial charge in [0.1, 0.15) is 22.7 Å². The molecule has 0 radical (unpaired) electrons. The summed E-state index contributed by atoms with van der Waals surface area (Å²) in [6.07, 6.45) is 3.31. The number of piperazine rings is 1. The molecule has 2 N–H and O–H groups in total. The molecule has 1 saturated carbocycles. The number of rotatable bonds is 11. The number of hydrogen-bond donors (Lipinski definition) is 2. The van der Waals surface area contributed by atoms with E-state index in [0.29, 0.717) is 37.5 Å². The lowest BCUT2D eigenvalue weighted by Gasteiger charge is -2.37. The maximum absolute atomic E-state index is 14.5. The van der Waals surface area contributed by atoms with E-state index in [1.807, 2.05) is 39.0 Å². The number of alkyl carbamates (subject to hydrolysis) is 1. The predicted octanol–water partition coefficient (Wildman–Crippen LogP) is 6.60. The Kier molecular flexibility index (Phi) is 13.2. The van der Waals surface area contributed by atoms with Gasteiger partial charge in [0, 0.05) is 70.5 Å². The highest BCUT2D eigenvalue weighted by molar-refractivity contribution is 5.96. The standard InChI is InChI=1S/C42H57FN6O5/c1-29(2)49-17-15-47(16-18-49)27-30-9-14-37(32(23-30)28-48-19-21-52-22-20-48)31-7-6-8-36(24-31)53-40-38(25-33(43)26-44-40)39(50)45-34-10-12-35(13-11-34)46-41(51)54-42(3,4)5/h6-9,14,23-26,29,34-35H,10-13,15-22,27-28H2,1-5H3,(H,45,50)(H,46,51). The second-order valence-electron chi connectivity index (χ2n) is 16.1. The molecule has 0 atom stereocenters. The van der Waals surface area contributed by atoms with Gasteiger partial charge in [0.05, 0.1) is 19.4 Å². The predicted molar refractivity (Wildman–Crippen MR) is 207 cm³/mol. The van der Waals surface area contributed by atoms with Crippen molar-refractivity contribution in [3.8, 4) is 22.8 Å². The van der Waals surface area contributed by atoms with Crippen molar-refractivity contribution < 1.29 is 28.2 Å². The molecule has 1 aromatic heterocycles. The minimum Gasteiger partial charge on any atom is -0.444 e. The van der Waals surface area contributed by atoms with Crippen molar-refractivity contribution in [2.45, 2.75) is 97.1 Å². The highest BCUT2D eigenvalue weighted by Crippen LogP contribution is 2.32. The summed E-state index contributed by atoms with van der Waals surface area (Å²) in [5.74, 6) is -0.543. The van der Waals surface area contributed by atoms with Gasteiger partial charge in [-0.2, -0.15) is 0 Å². The number of nitrogens with one attached hydrogen (secondary N) is 2. The van der Waals surface area contributed by atoms with Gasteiger partial charge in [-0.05, 0) is 101 Å². The maximum Gasteiger partial charge on any atom is 0.407 e. The van der Waals surface area contributed by atoms with Crippen LogP contribution in [0.5, 0.6) is 11.6 Å². The van der Waals surface area contributed by atoms with Crippen molar-refractivity contribution in [3.63, 3.8) is 0 Å². The number of carbonyl (C=O) groups is 2. The van der Waals surface area contributed by atoms with E-state index in [-0.39, 0.29) is 23.5 Å². The number of morpholine rings is 1. The van der Waals surface area contributed by atoms with Crippen LogP contribution in [0.25, 0.3) is 11.1 Å². The smallest absolute Gasteiger partial charge is 0.407 e. The van der Waals surface area contributed by atoms with Crippen molar-refractivity contribution in [1.82, 2.24) is 30.3 Å². The fourth-order valence-electron chi connectivity index (χ4n) is 7.48. The molecular weight excluding hydrogens is 687 g/mol. The van der Waals surface area contributed by atoms with Crippen LogP contribution >= 0.6 is 0 Å². The number of aromatic nitrogens is 1. The molecule has 12 heteroatoms. The molecule has 3 aliphatic rings. The first-order chi connectivity index (χ1) is 25.9. The summed E-state index contributed by atoms with van der Waals surface area (Å²) in [7, 11) is 0. The molecule has 2 saturated heterocycles. The van der Waals surface area contributed by atoms with E-state index in [1.165, 1.54) is 17.2 Å². The number of ether oxygens (including phenoxy) is 3. The van der Waals surface area contributed by atoms with Gasteiger partial charge in [0.25, 0.3) is 5.91 Å². The molecule has 0 spiro atoms. The summed E-state index contributed by atoms with van der Waals surface area (Å²) in [5.41, 5.74) is 4.09. The van der Waals surface area contributed by atoms with E-state index in [9.17, 15) is 14.0 Å². The van der Waals surface area contributed by atoms with Crippen LogP contribution in [0.2, 0.25) is 0 Å². The van der Waals surface area contributed by atoms with Crippen molar-refractivity contribution >= 4 is 12.0 Å². The fraction of sp³-hybridized carbons (Fsp3) is 0.548. The molecule has 2 aliphatic heterocycles. The zero-order chi connectivity index (χ0) is 38.2. The number of benzene rings is 2. The minimum absolute atomic E-state index is 0.0287. The molecule has 1 aliphatic carbocycles. The van der Waals surface area contributed by atoms with Crippen LogP contribution < -0.4 is 15.4 Å². The minimum atomic E-state index is -0.624. The third kappa shape index (κ3) is 11.2. The number of nitrogens with zero attached hydrogens (tertiary/aromatic N) is 4. The lowest BCUT2D eigenvalue weighted by molar-refractivity contribution is 0.0342. The highest BCUT2D eigenvalue weighted by atomic mass is 19.1. The lowest BCUT2D eigenvalue weighted by atomic mass is 9.91. The summed E-state index contributed by atoms with van der Waals surface area (Å²) >= 11 is 0. The second kappa shape index (κ2) is 18.0. The monoisotopic (exact) mass is 744 g/mol. The van der Waals surface area contributed by atoms with E-state index in [1.54, 1.807) is 0 Å². The first-order valence-corrected chi connectivity index (χ1v) is 19.5. The van der Waals surface area contributed by atoms with Crippen LogP contribution in [0.3, 0.4) is 0 Å². The molecule has 54 heavy (non-hydrogen) atoms. The molecule has 0 bridgehead atoms. The molecule has 2 amide bonds. The highest BCUT2D eigenvalue weighted by Gasteiger charge is 2.27. The zero-order valence-corrected chi connectivity index (χ0v) is 32.5. The third-order valence-electron chi connectivity index (χ3n) is 10.4. The van der Waals surface area contributed by atoms with Crippen LogP contribution in [-0.4, -0.2) is 108 Å².